The molecule has 15 heavy (non-hydrogen) atoms. The second kappa shape index (κ2) is 5.23. The highest BCUT2D eigenvalue weighted by atomic mass is 79.9. The van der Waals surface area contributed by atoms with E-state index >= 15 is 0 Å². The van der Waals surface area contributed by atoms with Crippen molar-refractivity contribution in [1.29, 1.82) is 0 Å². The van der Waals surface area contributed by atoms with E-state index in [1.807, 2.05) is 0 Å². The van der Waals surface area contributed by atoms with Gasteiger partial charge in [-0.2, -0.15) is 0 Å². The lowest BCUT2D eigenvalue weighted by Gasteiger charge is -2.08. The molecular formula is C10H11BrFNO2. The quantitative estimate of drug-likeness (QED) is 0.862. The third-order valence-electron chi connectivity index (χ3n) is 1.57. The van der Waals surface area contributed by atoms with Crippen molar-refractivity contribution in [3.8, 4) is 0 Å². The van der Waals surface area contributed by atoms with Crippen LogP contribution in [0.15, 0.2) is 22.7 Å². The zero-order valence-corrected chi connectivity index (χ0v) is 9.97. The van der Waals surface area contributed by atoms with Gasteiger partial charge in [0.2, 0.25) is 0 Å². The van der Waals surface area contributed by atoms with Crippen LogP contribution in [0, 0.1) is 5.82 Å². The van der Waals surface area contributed by atoms with Gasteiger partial charge in [0.25, 0.3) is 5.91 Å². The van der Waals surface area contributed by atoms with Crippen molar-refractivity contribution in [2.75, 3.05) is 0 Å². The van der Waals surface area contributed by atoms with Gasteiger partial charge in [-0.1, -0.05) is 0 Å². The molecule has 0 atom stereocenters. The third kappa shape index (κ3) is 3.60. The van der Waals surface area contributed by atoms with Gasteiger partial charge in [-0.3, -0.25) is 9.63 Å². The van der Waals surface area contributed by atoms with E-state index in [2.05, 4.69) is 21.4 Å². The molecule has 1 aromatic carbocycles. The van der Waals surface area contributed by atoms with Gasteiger partial charge in [0.1, 0.15) is 5.82 Å². The summed E-state index contributed by atoms with van der Waals surface area (Å²) in [6, 6.07) is 4.12. The molecule has 0 bridgehead atoms. The average molecular weight is 276 g/mol. The van der Waals surface area contributed by atoms with Gasteiger partial charge in [0.15, 0.2) is 0 Å². The molecule has 1 aromatic rings. The zero-order chi connectivity index (χ0) is 11.4. The van der Waals surface area contributed by atoms with Crippen molar-refractivity contribution in [3.63, 3.8) is 0 Å². The number of amides is 1. The molecule has 5 heteroatoms. The Bertz CT molecular complexity index is 368. The topological polar surface area (TPSA) is 38.3 Å². The minimum atomic E-state index is -0.479. The van der Waals surface area contributed by atoms with E-state index in [9.17, 15) is 9.18 Å². The number of hydroxylamine groups is 1. The summed E-state index contributed by atoms with van der Waals surface area (Å²) in [5.41, 5.74) is 2.44. The summed E-state index contributed by atoms with van der Waals surface area (Å²) >= 11 is 3.00. The fourth-order valence-corrected chi connectivity index (χ4v) is 1.11. The summed E-state index contributed by atoms with van der Waals surface area (Å²) in [5, 5.41) is 0. The molecule has 0 aliphatic carbocycles. The van der Waals surface area contributed by atoms with Crippen molar-refractivity contribution in [1.82, 2.24) is 5.48 Å². The molecule has 0 aromatic heterocycles. The average Bonchev–Trinajstić information content (AvgIpc) is 2.18. The van der Waals surface area contributed by atoms with Crippen LogP contribution in [-0.2, 0) is 4.84 Å². The first-order valence-electron chi connectivity index (χ1n) is 4.41. The Kier molecular flexibility index (Phi) is 4.23. The summed E-state index contributed by atoms with van der Waals surface area (Å²) < 4.78 is 13.4. The monoisotopic (exact) mass is 275 g/mol. The van der Waals surface area contributed by atoms with Crippen LogP contribution in [0.1, 0.15) is 24.2 Å². The van der Waals surface area contributed by atoms with E-state index < -0.39 is 11.7 Å². The van der Waals surface area contributed by atoms with Gasteiger partial charge < -0.3 is 0 Å². The van der Waals surface area contributed by atoms with Crippen molar-refractivity contribution < 1.29 is 14.0 Å². The molecule has 3 nitrogen and oxygen atoms in total. The fourth-order valence-electron chi connectivity index (χ4n) is 0.868. The van der Waals surface area contributed by atoms with Gasteiger partial charge in [-0.15, -0.1) is 0 Å². The van der Waals surface area contributed by atoms with E-state index in [1.54, 1.807) is 13.8 Å². The maximum absolute atomic E-state index is 13.1. The number of benzene rings is 1. The van der Waals surface area contributed by atoms with Crippen LogP contribution in [-0.4, -0.2) is 12.0 Å². The molecule has 82 valence electrons. The summed E-state index contributed by atoms with van der Waals surface area (Å²) in [6.45, 7) is 3.56. The second-order valence-corrected chi connectivity index (χ2v) is 4.08. The number of halogens is 2. The van der Waals surface area contributed by atoms with E-state index in [0.717, 1.165) is 6.07 Å². The smallest absolute Gasteiger partial charge is 0.271 e. The predicted octanol–water partition coefficient (Wildman–Crippen LogP) is 2.66. The highest BCUT2D eigenvalue weighted by Gasteiger charge is 2.08. The summed E-state index contributed by atoms with van der Waals surface area (Å²) in [4.78, 5) is 16.3. The first kappa shape index (κ1) is 12.1. The van der Waals surface area contributed by atoms with Crippen LogP contribution in [0.25, 0.3) is 0 Å². The van der Waals surface area contributed by atoms with Crippen LogP contribution in [0.5, 0.6) is 0 Å². The highest BCUT2D eigenvalue weighted by Crippen LogP contribution is 2.16. The Morgan fingerprint density at radius 2 is 2.20 bits per heavy atom. The number of carbonyl (C=O) groups excluding carboxylic acids is 1. The van der Waals surface area contributed by atoms with Crippen molar-refractivity contribution in [2.45, 2.75) is 20.0 Å². The predicted molar refractivity (Wildman–Crippen MR) is 57.8 cm³/mol. The minimum absolute atomic E-state index is 0.116. The molecule has 0 radical (unpaired) electrons. The standard InChI is InChI=1S/C10H11BrFNO2/c1-6(2)15-13-10(14)7-3-4-8(11)9(12)5-7/h3-6H,1-2H3,(H,13,14). The van der Waals surface area contributed by atoms with Crippen LogP contribution < -0.4 is 5.48 Å². The Labute approximate surface area is 95.7 Å². The van der Waals surface area contributed by atoms with Crippen LogP contribution in [0.2, 0.25) is 0 Å². The Hall–Kier alpha value is -0.940. The second-order valence-electron chi connectivity index (χ2n) is 3.23. The van der Waals surface area contributed by atoms with E-state index in [0.29, 0.717) is 4.47 Å². The number of hydrogen-bond donors (Lipinski definition) is 1. The maximum atomic E-state index is 13.1. The number of carbonyl (C=O) groups is 1. The van der Waals surface area contributed by atoms with Gasteiger partial charge >= 0.3 is 0 Å². The lowest BCUT2D eigenvalue weighted by molar-refractivity contribution is 0.000168. The van der Waals surface area contributed by atoms with Gasteiger partial charge in [0.05, 0.1) is 10.6 Å². The highest BCUT2D eigenvalue weighted by molar-refractivity contribution is 9.10. The van der Waals surface area contributed by atoms with Crippen LogP contribution in [0.4, 0.5) is 4.39 Å². The van der Waals surface area contributed by atoms with Crippen LogP contribution in [0.3, 0.4) is 0 Å². The SMILES string of the molecule is CC(C)ONC(=O)c1ccc(Br)c(F)c1. The molecule has 1 amide bonds. The lowest BCUT2D eigenvalue weighted by Crippen LogP contribution is -2.26. The molecule has 0 saturated heterocycles. The largest absolute Gasteiger partial charge is 0.274 e. The van der Waals surface area contributed by atoms with Gasteiger partial charge in [-0.25, -0.2) is 9.87 Å². The number of nitrogens with one attached hydrogen (secondary N) is 1. The third-order valence-corrected chi connectivity index (χ3v) is 2.21. The molecule has 0 unspecified atom stereocenters. The maximum Gasteiger partial charge on any atom is 0.274 e. The first-order valence-corrected chi connectivity index (χ1v) is 5.21. The normalized spacial score (nSPS) is 10.5. The molecule has 0 aliphatic heterocycles. The lowest BCUT2D eigenvalue weighted by atomic mass is 10.2. The zero-order valence-electron chi connectivity index (χ0n) is 8.38. The summed E-state index contributed by atoms with van der Waals surface area (Å²) in [5.74, 6) is -0.942. The fraction of sp³-hybridized carbons (Fsp3) is 0.300. The number of rotatable bonds is 3. The Balaban J connectivity index is 2.70. The number of hydrogen-bond acceptors (Lipinski definition) is 2. The Morgan fingerprint density at radius 3 is 2.73 bits per heavy atom. The van der Waals surface area contributed by atoms with Crippen LogP contribution >= 0.6 is 15.9 Å². The van der Waals surface area contributed by atoms with Crippen molar-refractivity contribution >= 4 is 21.8 Å². The van der Waals surface area contributed by atoms with Crippen molar-refractivity contribution in [2.24, 2.45) is 0 Å². The molecule has 0 saturated carbocycles. The molecule has 0 fully saturated rings. The Morgan fingerprint density at radius 1 is 1.53 bits per heavy atom. The minimum Gasteiger partial charge on any atom is -0.271 e. The molecular weight excluding hydrogens is 265 g/mol. The molecule has 0 heterocycles. The summed E-state index contributed by atoms with van der Waals surface area (Å²) in [6.07, 6.45) is -0.116. The first-order chi connectivity index (χ1) is 7.00. The molecule has 1 N–H and O–H groups in total. The molecule has 1 rings (SSSR count). The van der Waals surface area contributed by atoms with Crippen molar-refractivity contribution in [3.05, 3.63) is 34.1 Å². The summed E-state index contributed by atoms with van der Waals surface area (Å²) in [7, 11) is 0. The van der Waals surface area contributed by atoms with E-state index in [4.69, 9.17) is 4.84 Å². The van der Waals surface area contributed by atoms with E-state index in [-0.39, 0.29) is 11.7 Å². The molecule has 0 spiro atoms. The van der Waals surface area contributed by atoms with E-state index in [1.165, 1.54) is 12.1 Å². The van der Waals surface area contributed by atoms with Gasteiger partial charge in [-0.05, 0) is 48.0 Å². The van der Waals surface area contributed by atoms with Gasteiger partial charge in [0, 0.05) is 5.56 Å². The molecule has 0 aliphatic rings.